The van der Waals surface area contributed by atoms with Crippen molar-refractivity contribution < 1.29 is 4.74 Å². The zero-order chi connectivity index (χ0) is 19.2. The minimum atomic E-state index is 0.455. The van der Waals surface area contributed by atoms with Crippen LogP contribution in [0.2, 0.25) is 5.02 Å². The summed E-state index contributed by atoms with van der Waals surface area (Å²) in [5.74, 6) is 2.13. The number of halogens is 1. The molecule has 2 aromatic heterocycles. The summed E-state index contributed by atoms with van der Waals surface area (Å²) >= 11 is 6.42. The third-order valence-corrected chi connectivity index (χ3v) is 5.91. The maximum absolute atomic E-state index is 6.42. The smallest absolute Gasteiger partial charge is 0.223 e. The first kappa shape index (κ1) is 19.4. The molecule has 7 heteroatoms. The van der Waals surface area contributed by atoms with E-state index in [-0.39, 0.29) is 0 Å². The van der Waals surface area contributed by atoms with Crippen LogP contribution in [0.4, 0.5) is 11.8 Å². The van der Waals surface area contributed by atoms with E-state index in [1.807, 2.05) is 12.1 Å². The molecule has 0 spiro atoms. The minimum absolute atomic E-state index is 0.455. The molecule has 150 valence electrons. The van der Waals surface area contributed by atoms with E-state index in [0.717, 1.165) is 49.7 Å². The van der Waals surface area contributed by atoms with Gasteiger partial charge in [0.15, 0.2) is 0 Å². The Bertz CT molecular complexity index is 775. The van der Waals surface area contributed by atoms with Crippen LogP contribution in [0.25, 0.3) is 11.3 Å². The lowest BCUT2D eigenvalue weighted by atomic mass is 9.96. The molecule has 6 nitrogen and oxygen atoms in total. The van der Waals surface area contributed by atoms with Crippen molar-refractivity contribution in [3.63, 3.8) is 0 Å². The average molecular weight is 402 g/mol. The second kappa shape index (κ2) is 9.52. The summed E-state index contributed by atoms with van der Waals surface area (Å²) in [5.41, 5.74) is 1.69. The molecule has 1 aliphatic heterocycles. The average Bonchev–Trinajstić information content (AvgIpc) is 2.75. The second-order valence-corrected chi connectivity index (χ2v) is 8.14. The zero-order valence-electron chi connectivity index (χ0n) is 16.2. The van der Waals surface area contributed by atoms with Crippen molar-refractivity contribution in [1.82, 2.24) is 15.0 Å². The van der Waals surface area contributed by atoms with Gasteiger partial charge in [-0.1, -0.05) is 30.9 Å². The molecule has 28 heavy (non-hydrogen) atoms. The van der Waals surface area contributed by atoms with Crippen molar-refractivity contribution in [2.45, 2.75) is 51.0 Å². The van der Waals surface area contributed by atoms with E-state index < -0.39 is 0 Å². The highest BCUT2D eigenvalue weighted by molar-refractivity contribution is 6.32. The van der Waals surface area contributed by atoms with Crippen molar-refractivity contribution in [2.75, 3.05) is 30.4 Å². The molecule has 3 heterocycles. The van der Waals surface area contributed by atoms with Crippen molar-refractivity contribution in [3.05, 3.63) is 29.5 Å². The molecule has 4 rings (SSSR count). The van der Waals surface area contributed by atoms with E-state index in [1.165, 1.54) is 32.1 Å². The third kappa shape index (κ3) is 5.11. The largest absolute Gasteiger partial charge is 0.381 e. The van der Waals surface area contributed by atoms with E-state index in [9.17, 15) is 0 Å². The van der Waals surface area contributed by atoms with E-state index >= 15 is 0 Å². The van der Waals surface area contributed by atoms with Crippen LogP contribution in [0.15, 0.2) is 24.5 Å². The van der Waals surface area contributed by atoms with Crippen LogP contribution in [0.3, 0.4) is 0 Å². The molecule has 0 unspecified atom stereocenters. The summed E-state index contributed by atoms with van der Waals surface area (Å²) in [4.78, 5) is 13.5. The van der Waals surface area contributed by atoms with Crippen LogP contribution in [0, 0.1) is 5.92 Å². The van der Waals surface area contributed by atoms with E-state index in [4.69, 9.17) is 21.3 Å². The molecular formula is C21H28ClN5O. The van der Waals surface area contributed by atoms with E-state index in [2.05, 4.69) is 20.6 Å². The van der Waals surface area contributed by atoms with Gasteiger partial charge in [-0.25, -0.2) is 15.0 Å². The van der Waals surface area contributed by atoms with Crippen molar-refractivity contribution >= 4 is 23.4 Å². The Kier molecular flexibility index (Phi) is 6.60. The number of anilines is 2. The van der Waals surface area contributed by atoms with Crippen molar-refractivity contribution in [3.8, 4) is 11.3 Å². The highest BCUT2D eigenvalue weighted by Gasteiger charge is 2.16. The van der Waals surface area contributed by atoms with Gasteiger partial charge in [0.2, 0.25) is 5.95 Å². The molecule has 2 aliphatic rings. The van der Waals surface area contributed by atoms with Crippen LogP contribution in [-0.2, 0) is 4.74 Å². The predicted octanol–water partition coefficient (Wildman–Crippen LogP) is 4.78. The summed E-state index contributed by atoms with van der Waals surface area (Å²) in [6.07, 6.45) is 11.9. The lowest BCUT2D eigenvalue weighted by Gasteiger charge is -2.23. The minimum Gasteiger partial charge on any atom is -0.381 e. The molecule has 2 aromatic rings. The maximum atomic E-state index is 6.42. The number of nitrogens with zero attached hydrogens (tertiary/aromatic N) is 3. The summed E-state index contributed by atoms with van der Waals surface area (Å²) < 4.78 is 5.43. The molecular weight excluding hydrogens is 374 g/mol. The Morgan fingerprint density at radius 1 is 1.07 bits per heavy atom. The Morgan fingerprint density at radius 2 is 1.89 bits per heavy atom. The van der Waals surface area contributed by atoms with Crippen LogP contribution in [-0.4, -0.2) is 40.8 Å². The van der Waals surface area contributed by atoms with Crippen LogP contribution in [0.1, 0.15) is 44.9 Å². The number of ether oxygens (including phenoxy) is 1. The van der Waals surface area contributed by atoms with Gasteiger partial charge in [0.1, 0.15) is 5.82 Å². The Hall–Kier alpha value is -1.92. The summed E-state index contributed by atoms with van der Waals surface area (Å²) in [7, 11) is 0. The molecule has 0 bridgehead atoms. The summed E-state index contributed by atoms with van der Waals surface area (Å²) in [6, 6.07) is 4.41. The topological polar surface area (TPSA) is 72.0 Å². The molecule has 0 amide bonds. The van der Waals surface area contributed by atoms with Gasteiger partial charge in [-0.2, -0.15) is 0 Å². The summed E-state index contributed by atoms with van der Waals surface area (Å²) in [5, 5.41) is 7.48. The molecule has 2 fully saturated rings. The Labute approximate surface area is 171 Å². The fourth-order valence-corrected chi connectivity index (χ4v) is 4.14. The first-order valence-corrected chi connectivity index (χ1v) is 10.7. The number of rotatable bonds is 6. The van der Waals surface area contributed by atoms with Gasteiger partial charge in [-0.15, -0.1) is 0 Å². The van der Waals surface area contributed by atoms with Gasteiger partial charge in [-0.3, -0.25) is 0 Å². The van der Waals surface area contributed by atoms with Crippen LogP contribution < -0.4 is 10.6 Å². The van der Waals surface area contributed by atoms with Crippen LogP contribution >= 0.6 is 11.6 Å². The first-order valence-electron chi connectivity index (χ1n) is 10.3. The van der Waals surface area contributed by atoms with Gasteiger partial charge in [0.25, 0.3) is 0 Å². The maximum Gasteiger partial charge on any atom is 0.223 e. The standard InChI is InChI=1S/C21H28ClN5O/c22-18-14-25-21(26-17-4-2-1-3-5-17)27-20(18)16-6-9-23-19(12-16)24-13-15-7-10-28-11-8-15/h6,9,12,14-15,17H,1-5,7-8,10-11,13H2,(H,23,24)(H,25,26,27). The number of pyridine rings is 1. The first-order chi connectivity index (χ1) is 13.8. The number of hydrogen-bond donors (Lipinski definition) is 2. The van der Waals surface area contributed by atoms with E-state index in [0.29, 0.717) is 22.9 Å². The predicted molar refractivity (Wildman–Crippen MR) is 113 cm³/mol. The lowest BCUT2D eigenvalue weighted by molar-refractivity contribution is 0.0699. The number of nitrogens with one attached hydrogen (secondary N) is 2. The molecule has 1 saturated carbocycles. The van der Waals surface area contributed by atoms with Gasteiger partial charge < -0.3 is 15.4 Å². The molecule has 1 aliphatic carbocycles. The van der Waals surface area contributed by atoms with Gasteiger partial charge in [-0.05, 0) is 43.7 Å². The molecule has 0 atom stereocenters. The quantitative estimate of drug-likeness (QED) is 0.726. The van der Waals surface area contributed by atoms with E-state index in [1.54, 1.807) is 12.4 Å². The van der Waals surface area contributed by atoms with Gasteiger partial charge >= 0.3 is 0 Å². The van der Waals surface area contributed by atoms with Gasteiger partial charge in [0, 0.05) is 37.6 Å². The molecule has 2 N–H and O–H groups in total. The van der Waals surface area contributed by atoms with Crippen molar-refractivity contribution in [1.29, 1.82) is 0 Å². The second-order valence-electron chi connectivity index (χ2n) is 7.74. The molecule has 1 saturated heterocycles. The third-order valence-electron chi connectivity index (χ3n) is 5.63. The Balaban J connectivity index is 1.45. The van der Waals surface area contributed by atoms with Gasteiger partial charge in [0.05, 0.1) is 16.9 Å². The van der Waals surface area contributed by atoms with Crippen LogP contribution in [0.5, 0.6) is 0 Å². The monoisotopic (exact) mass is 401 g/mol. The normalized spacial score (nSPS) is 18.8. The number of hydrogen-bond acceptors (Lipinski definition) is 6. The zero-order valence-corrected chi connectivity index (χ0v) is 16.9. The fourth-order valence-electron chi connectivity index (χ4n) is 3.94. The van der Waals surface area contributed by atoms with Crippen molar-refractivity contribution in [2.24, 2.45) is 5.92 Å². The fraction of sp³-hybridized carbons (Fsp3) is 0.571. The molecule has 0 aromatic carbocycles. The molecule has 0 radical (unpaired) electrons. The Morgan fingerprint density at radius 3 is 2.71 bits per heavy atom. The lowest BCUT2D eigenvalue weighted by Crippen LogP contribution is -2.23. The number of aromatic nitrogens is 3. The highest BCUT2D eigenvalue weighted by atomic mass is 35.5. The summed E-state index contributed by atoms with van der Waals surface area (Å²) in [6.45, 7) is 2.62. The SMILES string of the molecule is Clc1cnc(NC2CCCCC2)nc1-c1ccnc(NCC2CCOCC2)c1. The highest BCUT2D eigenvalue weighted by Crippen LogP contribution is 2.28.